The number of hydrogen-bond donors (Lipinski definition) is 0. The molecule has 0 unspecified atom stereocenters. The van der Waals surface area contributed by atoms with Gasteiger partial charge in [-0.15, -0.1) is 11.3 Å². The molecule has 0 N–H and O–H groups in total. The number of hydrogen-bond acceptors (Lipinski definition) is 4. The minimum atomic E-state index is -4.69. The molecule has 12 heteroatoms. The highest BCUT2D eigenvalue weighted by Crippen LogP contribution is 2.35. The van der Waals surface area contributed by atoms with E-state index in [0.717, 1.165) is 21.9 Å². The number of halogens is 6. The summed E-state index contributed by atoms with van der Waals surface area (Å²) in [4.78, 5) is 5.89. The number of nitrogens with zero attached hydrogens (tertiary/aromatic N) is 5. The molecule has 0 atom stereocenters. The maximum Gasteiger partial charge on any atom is 0.431 e. The third kappa shape index (κ3) is 3.95. The average Bonchev–Trinajstić information content (AvgIpc) is 3.40. The van der Waals surface area contributed by atoms with Crippen molar-refractivity contribution in [2.45, 2.75) is 19.3 Å². The van der Waals surface area contributed by atoms with Crippen LogP contribution in [0.2, 0.25) is 0 Å². The van der Waals surface area contributed by atoms with Crippen LogP contribution in [-0.2, 0) is 12.4 Å². The van der Waals surface area contributed by atoms with E-state index in [2.05, 4.69) is 25.4 Å². The van der Waals surface area contributed by atoms with Crippen LogP contribution in [0.3, 0.4) is 0 Å². The summed E-state index contributed by atoms with van der Waals surface area (Å²) in [6, 6.07) is 8.09. The summed E-state index contributed by atoms with van der Waals surface area (Å²) >= 11 is 1.41. The Kier molecular flexibility index (Phi) is 4.68. The first-order valence-corrected chi connectivity index (χ1v) is 9.07. The van der Waals surface area contributed by atoms with Crippen molar-refractivity contribution in [3.05, 3.63) is 52.7 Å². The molecule has 0 radical (unpaired) electrons. The molecule has 30 heavy (non-hydrogen) atoms. The van der Waals surface area contributed by atoms with Crippen LogP contribution >= 0.6 is 11.3 Å². The zero-order valence-corrected chi connectivity index (χ0v) is 15.7. The summed E-state index contributed by atoms with van der Waals surface area (Å²) in [6.45, 7) is 1.87. The third-order valence-electron chi connectivity index (χ3n) is 4.03. The van der Waals surface area contributed by atoms with Gasteiger partial charge in [-0.2, -0.15) is 26.3 Å². The summed E-state index contributed by atoms with van der Waals surface area (Å²) in [5, 5.41) is 13.3. The lowest BCUT2D eigenvalue weighted by atomic mass is 10.1. The van der Waals surface area contributed by atoms with E-state index in [0.29, 0.717) is 5.56 Å². The molecule has 156 valence electrons. The first-order chi connectivity index (χ1) is 14.0. The lowest BCUT2D eigenvalue weighted by molar-refractivity contribution is -0.142. The fourth-order valence-electron chi connectivity index (χ4n) is 2.64. The topological polar surface area (TPSA) is 66.9 Å². The van der Waals surface area contributed by atoms with E-state index in [1.807, 2.05) is 13.0 Å². The number of alkyl halides is 6. The zero-order valence-electron chi connectivity index (χ0n) is 14.9. The standard InChI is InChI=1S/C18H9F6N5S/c1-8-2-3-14(30-8)9-4-10(12-6-15(28-26-12)17(19,20)21)25-11(5-9)13-7-16(29-27-13)18(22,23)24/h2-7H,1H3/q-2. The number of aryl methyl sites for hydroxylation is 1. The molecule has 4 heterocycles. The molecule has 4 aromatic heterocycles. The molecule has 0 bridgehead atoms. The Bertz CT molecular complexity index is 1130. The van der Waals surface area contributed by atoms with E-state index < -0.39 is 23.7 Å². The first kappa shape index (κ1) is 20.1. The Morgan fingerprint density at radius 2 is 1.27 bits per heavy atom. The highest BCUT2D eigenvalue weighted by molar-refractivity contribution is 7.15. The van der Waals surface area contributed by atoms with Gasteiger partial charge in [0.15, 0.2) is 0 Å². The maximum absolute atomic E-state index is 12.9. The molecule has 0 saturated heterocycles. The van der Waals surface area contributed by atoms with E-state index in [-0.39, 0.29) is 22.8 Å². The minimum Gasteiger partial charge on any atom is -0.573 e. The summed E-state index contributed by atoms with van der Waals surface area (Å²) in [7, 11) is 0. The SMILES string of the molecule is Cc1ccc(-c2cc(-c3cc(C(F)(F)F)n[n-]3)nc(-c3cc(C(F)(F)F)n[n-]3)c2)s1. The highest BCUT2D eigenvalue weighted by atomic mass is 32.1. The summed E-state index contributed by atoms with van der Waals surface area (Å²) in [6.07, 6.45) is -9.37. The maximum atomic E-state index is 12.9. The van der Waals surface area contributed by atoms with Crippen molar-refractivity contribution in [2.75, 3.05) is 0 Å². The largest absolute Gasteiger partial charge is 0.573 e. The van der Waals surface area contributed by atoms with Gasteiger partial charge in [-0.25, -0.2) is 0 Å². The van der Waals surface area contributed by atoms with Gasteiger partial charge in [0, 0.05) is 9.75 Å². The molecule has 0 saturated carbocycles. The van der Waals surface area contributed by atoms with Gasteiger partial charge in [-0.3, -0.25) is 4.98 Å². The molecule has 0 aliphatic carbocycles. The lowest BCUT2D eigenvalue weighted by Crippen LogP contribution is -2.04. The highest BCUT2D eigenvalue weighted by Gasteiger charge is 2.32. The van der Waals surface area contributed by atoms with E-state index >= 15 is 0 Å². The number of pyridine rings is 1. The van der Waals surface area contributed by atoms with Crippen molar-refractivity contribution in [2.24, 2.45) is 0 Å². The predicted octanol–water partition coefficient (Wildman–Crippen LogP) is 5.19. The van der Waals surface area contributed by atoms with E-state index in [1.54, 1.807) is 6.07 Å². The molecule has 5 nitrogen and oxygen atoms in total. The Labute approximate surface area is 168 Å². The Morgan fingerprint density at radius 1 is 0.767 bits per heavy atom. The molecule has 0 aliphatic heterocycles. The second-order valence-electron chi connectivity index (χ2n) is 6.26. The molecular weight excluding hydrogens is 432 g/mol. The van der Waals surface area contributed by atoms with Gasteiger partial charge in [0.05, 0.1) is 11.4 Å². The van der Waals surface area contributed by atoms with Gasteiger partial charge in [-0.1, -0.05) is 11.4 Å². The number of thiophene rings is 1. The molecule has 0 fully saturated rings. The van der Waals surface area contributed by atoms with Gasteiger partial charge < -0.3 is 20.4 Å². The van der Waals surface area contributed by atoms with Crippen LogP contribution in [0.25, 0.3) is 33.2 Å². The van der Waals surface area contributed by atoms with Crippen LogP contribution in [0.5, 0.6) is 0 Å². The summed E-state index contributed by atoms with van der Waals surface area (Å²) < 4.78 is 77.3. The number of aromatic nitrogens is 5. The van der Waals surface area contributed by atoms with Crippen LogP contribution in [-0.4, -0.2) is 15.2 Å². The first-order valence-electron chi connectivity index (χ1n) is 8.25. The third-order valence-corrected chi connectivity index (χ3v) is 5.08. The van der Waals surface area contributed by atoms with Crippen molar-refractivity contribution in [1.29, 1.82) is 0 Å². The van der Waals surface area contributed by atoms with Gasteiger partial charge in [0.1, 0.15) is 11.4 Å². The zero-order chi connectivity index (χ0) is 21.7. The molecular formula is C18H9F6N5S-2. The Hall–Kier alpha value is -3.15. The lowest BCUT2D eigenvalue weighted by Gasteiger charge is -2.12. The van der Waals surface area contributed by atoms with E-state index in [4.69, 9.17) is 0 Å². The van der Waals surface area contributed by atoms with Crippen LogP contribution < -0.4 is 10.2 Å². The molecule has 0 amide bonds. The van der Waals surface area contributed by atoms with Crippen LogP contribution in [0, 0.1) is 6.92 Å². The van der Waals surface area contributed by atoms with Crippen LogP contribution in [0.15, 0.2) is 36.4 Å². The van der Waals surface area contributed by atoms with Gasteiger partial charge >= 0.3 is 12.4 Å². The number of rotatable bonds is 3. The fourth-order valence-corrected chi connectivity index (χ4v) is 3.50. The average molecular weight is 441 g/mol. The van der Waals surface area contributed by atoms with E-state index in [9.17, 15) is 26.3 Å². The monoisotopic (exact) mass is 441 g/mol. The van der Waals surface area contributed by atoms with Crippen molar-refractivity contribution in [1.82, 2.24) is 25.4 Å². The van der Waals surface area contributed by atoms with Gasteiger partial charge in [0.25, 0.3) is 0 Å². The van der Waals surface area contributed by atoms with Crippen molar-refractivity contribution in [3.63, 3.8) is 0 Å². The van der Waals surface area contributed by atoms with Crippen molar-refractivity contribution in [3.8, 4) is 33.2 Å². The normalized spacial score (nSPS) is 12.5. The Morgan fingerprint density at radius 3 is 1.63 bits per heavy atom. The van der Waals surface area contributed by atoms with Gasteiger partial charge in [-0.05, 0) is 48.9 Å². The predicted molar refractivity (Wildman–Crippen MR) is 95.4 cm³/mol. The quantitative estimate of drug-likeness (QED) is 0.409. The minimum absolute atomic E-state index is 0.0214. The molecule has 4 aromatic rings. The van der Waals surface area contributed by atoms with Crippen LogP contribution in [0.4, 0.5) is 26.3 Å². The molecule has 0 spiro atoms. The van der Waals surface area contributed by atoms with Gasteiger partial charge in [0.2, 0.25) is 0 Å². The molecule has 4 rings (SSSR count). The second-order valence-corrected chi connectivity index (χ2v) is 7.55. The van der Waals surface area contributed by atoms with Crippen molar-refractivity contribution >= 4 is 11.3 Å². The summed E-state index contributed by atoms with van der Waals surface area (Å²) in [5.41, 5.74) is -2.11. The smallest absolute Gasteiger partial charge is 0.431 e. The molecule has 0 aliphatic rings. The molecule has 0 aromatic carbocycles. The van der Waals surface area contributed by atoms with Crippen LogP contribution in [0.1, 0.15) is 16.3 Å². The Balaban J connectivity index is 1.85. The van der Waals surface area contributed by atoms with E-state index in [1.165, 1.54) is 23.5 Å². The second kappa shape index (κ2) is 6.97. The van der Waals surface area contributed by atoms with Crippen molar-refractivity contribution < 1.29 is 26.3 Å². The fraction of sp³-hybridized carbons (Fsp3) is 0.167. The summed E-state index contributed by atoms with van der Waals surface area (Å²) in [5.74, 6) is 0.